The van der Waals surface area contributed by atoms with Gasteiger partial charge in [-0.15, -0.1) is 0 Å². The first-order valence-corrected chi connectivity index (χ1v) is 25.5. The number of allylic oxidation sites excluding steroid dienone is 6. The number of aliphatic carboxylic acids is 1. The van der Waals surface area contributed by atoms with Gasteiger partial charge >= 0.3 is 17.9 Å². The number of carbonyl (C=O) groups excluding carboxylic acids is 2. The Hall–Kier alpha value is -2.45. The lowest BCUT2D eigenvalue weighted by atomic mass is 10.1. The molecule has 0 bridgehead atoms. The summed E-state index contributed by atoms with van der Waals surface area (Å²) in [5.74, 6) is -1.50. The van der Waals surface area contributed by atoms with Gasteiger partial charge in [-0.2, -0.15) is 0 Å². The number of carbonyl (C=O) groups is 3. The number of ether oxygens (including phenoxy) is 3. The van der Waals surface area contributed by atoms with E-state index in [0.29, 0.717) is 19.3 Å². The Bertz CT molecular complexity index is 1090. The molecule has 2 atom stereocenters. The van der Waals surface area contributed by atoms with E-state index in [1.165, 1.54) is 148 Å². The number of rotatable bonds is 46. The summed E-state index contributed by atoms with van der Waals surface area (Å²) in [5.41, 5.74) is 0. The highest BCUT2D eigenvalue weighted by atomic mass is 16.6. The lowest BCUT2D eigenvalue weighted by Crippen LogP contribution is -2.50. The fourth-order valence-electron chi connectivity index (χ4n) is 7.55. The zero-order chi connectivity index (χ0) is 44.9. The molecule has 8 nitrogen and oxygen atoms in total. The number of unbranched alkanes of at least 4 members (excludes halogenated alkanes) is 27. The molecule has 61 heavy (non-hydrogen) atoms. The molecule has 0 saturated carbocycles. The van der Waals surface area contributed by atoms with E-state index in [-0.39, 0.29) is 36.2 Å². The second-order valence-corrected chi connectivity index (χ2v) is 18.4. The Kier molecular flexibility index (Phi) is 42.4. The van der Waals surface area contributed by atoms with Crippen LogP contribution in [-0.2, 0) is 28.6 Å². The highest BCUT2D eigenvalue weighted by Gasteiger charge is 2.31. The summed E-state index contributed by atoms with van der Waals surface area (Å²) < 4.78 is 17.3. The zero-order valence-electron chi connectivity index (χ0n) is 40.6. The van der Waals surface area contributed by atoms with Crippen LogP contribution in [-0.4, -0.2) is 80.6 Å². The predicted octanol–water partition coefficient (Wildman–Crippen LogP) is 14.6. The van der Waals surface area contributed by atoms with Crippen molar-refractivity contribution >= 4 is 17.9 Å². The standard InChI is InChI=1S/C53H97NO7/c1-6-8-10-12-14-16-18-20-22-24-25-26-27-28-30-32-34-36-38-40-42-44-52(56)61-49(47-59-46-45-50(53(57)58)54(3,4)5)48-60-51(55)43-41-39-37-35-33-31-29-23-21-19-17-15-13-11-9-7-2/h23,26-27,29,31,33,49-50H,6-22,24-25,28,30,32,34-48H2,1-5H3/p+1/b27-26+,29-23+,33-31+. The van der Waals surface area contributed by atoms with E-state index in [1.54, 1.807) is 0 Å². The molecule has 0 aromatic rings. The van der Waals surface area contributed by atoms with Gasteiger partial charge in [0.05, 0.1) is 34.4 Å². The van der Waals surface area contributed by atoms with Crippen molar-refractivity contribution in [2.45, 2.75) is 244 Å². The maximum absolute atomic E-state index is 12.8. The van der Waals surface area contributed by atoms with Crippen molar-refractivity contribution in [2.75, 3.05) is 41.0 Å². The Balaban J connectivity index is 4.28. The molecule has 8 heteroatoms. The van der Waals surface area contributed by atoms with Crippen LogP contribution in [0.5, 0.6) is 0 Å². The largest absolute Gasteiger partial charge is 0.477 e. The summed E-state index contributed by atoms with van der Waals surface area (Å²) in [6.45, 7) is 4.72. The van der Waals surface area contributed by atoms with E-state index in [2.05, 4.69) is 50.3 Å². The molecule has 1 N–H and O–H groups in total. The SMILES string of the molecule is CCCCCCCCC/C=C/C=C/CCCCCC(=O)OCC(COCCC(C(=O)O)[N+](C)(C)C)OC(=O)CCCCCCCCC/C=C/CCCCCCCCCCCC. The van der Waals surface area contributed by atoms with Gasteiger partial charge in [0.1, 0.15) is 6.61 Å². The van der Waals surface area contributed by atoms with Crippen molar-refractivity contribution in [3.8, 4) is 0 Å². The summed E-state index contributed by atoms with van der Waals surface area (Å²) in [6, 6.07) is -0.619. The van der Waals surface area contributed by atoms with E-state index in [4.69, 9.17) is 14.2 Å². The van der Waals surface area contributed by atoms with Crippen LogP contribution < -0.4 is 0 Å². The van der Waals surface area contributed by atoms with Gasteiger partial charge in [0.25, 0.3) is 0 Å². The van der Waals surface area contributed by atoms with Gasteiger partial charge in [-0.25, -0.2) is 4.79 Å². The number of esters is 2. The molecule has 0 saturated heterocycles. The van der Waals surface area contributed by atoms with Crippen molar-refractivity contribution in [2.24, 2.45) is 0 Å². The molecule has 0 rings (SSSR count). The summed E-state index contributed by atoms with van der Waals surface area (Å²) in [5, 5.41) is 9.65. The molecular formula is C53H98NO7+. The Morgan fingerprint density at radius 2 is 0.869 bits per heavy atom. The van der Waals surface area contributed by atoms with Crippen molar-refractivity contribution in [1.29, 1.82) is 0 Å². The second-order valence-electron chi connectivity index (χ2n) is 18.4. The van der Waals surface area contributed by atoms with Gasteiger partial charge in [0, 0.05) is 19.3 Å². The summed E-state index contributed by atoms with van der Waals surface area (Å²) >= 11 is 0. The van der Waals surface area contributed by atoms with Crippen molar-refractivity contribution in [3.63, 3.8) is 0 Å². The predicted molar refractivity (Wildman–Crippen MR) is 257 cm³/mol. The second kappa shape index (κ2) is 44.2. The number of hydrogen-bond acceptors (Lipinski definition) is 6. The minimum atomic E-state index is -0.878. The van der Waals surface area contributed by atoms with Crippen LogP contribution in [0.1, 0.15) is 232 Å². The highest BCUT2D eigenvalue weighted by molar-refractivity contribution is 5.72. The van der Waals surface area contributed by atoms with Gasteiger partial charge in [0.15, 0.2) is 12.1 Å². The third-order valence-corrected chi connectivity index (χ3v) is 11.5. The van der Waals surface area contributed by atoms with E-state index >= 15 is 0 Å². The fourth-order valence-corrected chi connectivity index (χ4v) is 7.55. The minimum absolute atomic E-state index is 0.0524. The van der Waals surface area contributed by atoms with Crippen molar-refractivity contribution in [1.82, 2.24) is 0 Å². The number of carboxylic acid groups (broad SMARTS) is 1. The molecule has 0 heterocycles. The third kappa shape index (κ3) is 42.6. The quantitative estimate of drug-likeness (QED) is 0.0214. The van der Waals surface area contributed by atoms with E-state index < -0.39 is 18.1 Å². The summed E-state index contributed by atoms with van der Waals surface area (Å²) in [4.78, 5) is 37.1. The topological polar surface area (TPSA) is 99.1 Å². The first-order valence-electron chi connectivity index (χ1n) is 25.5. The van der Waals surface area contributed by atoms with E-state index in [1.807, 2.05) is 21.1 Å². The van der Waals surface area contributed by atoms with Crippen LogP contribution in [0.4, 0.5) is 0 Å². The summed E-state index contributed by atoms with van der Waals surface area (Å²) in [7, 11) is 5.53. The molecule has 0 fully saturated rings. The number of likely N-dealkylation sites (N-methyl/N-ethyl adjacent to an activating group) is 1. The lowest BCUT2D eigenvalue weighted by molar-refractivity contribution is -0.887. The van der Waals surface area contributed by atoms with Gasteiger partial charge in [0.2, 0.25) is 0 Å². The van der Waals surface area contributed by atoms with Crippen molar-refractivity contribution in [3.05, 3.63) is 36.5 Å². The molecule has 356 valence electrons. The van der Waals surface area contributed by atoms with Gasteiger partial charge < -0.3 is 23.8 Å². The smallest absolute Gasteiger partial charge is 0.362 e. The Labute approximate surface area is 376 Å². The molecule has 0 aliphatic rings. The van der Waals surface area contributed by atoms with Crippen LogP contribution in [0.15, 0.2) is 36.5 Å². The van der Waals surface area contributed by atoms with Gasteiger partial charge in [-0.1, -0.05) is 185 Å². The van der Waals surface area contributed by atoms with E-state index in [0.717, 1.165) is 51.4 Å². The number of carboxylic acids is 1. The average Bonchev–Trinajstić information content (AvgIpc) is 3.22. The van der Waals surface area contributed by atoms with E-state index in [9.17, 15) is 19.5 Å². The van der Waals surface area contributed by atoms with Gasteiger partial charge in [-0.05, 0) is 64.2 Å². The summed E-state index contributed by atoms with van der Waals surface area (Å²) in [6.07, 6.45) is 52.0. The number of nitrogens with zero attached hydrogens (tertiary/aromatic N) is 1. The van der Waals surface area contributed by atoms with Crippen LogP contribution in [0.25, 0.3) is 0 Å². The third-order valence-electron chi connectivity index (χ3n) is 11.5. The molecule has 0 aromatic heterocycles. The molecule has 0 radical (unpaired) electrons. The maximum atomic E-state index is 12.8. The normalized spacial score (nSPS) is 13.1. The fraction of sp³-hybridized carbons (Fsp3) is 0.830. The van der Waals surface area contributed by atoms with Crippen LogP contribution >= 0.6 is 0 Å². The van der Waals surface area contributed by atoms with Crippen LogP contribution in [0.3, 0.4) is 0 Å². The van der Waals surface area contributed by atoms with Gasteiger partial charge in [-0.3, -0.25) is 9.59 Å². The molecule has 0 aromatic carbocycles. The maximum Gasteiger partial charge on any atom is 0.362 e. The average molecular weight is 861 g/mol. The lowest BCUT2D eigenvalue weighted by Gasteiger charge is -2.31. The molecule has 2 unspecified atom stereocenters. The first kappa shape index (κ1) is 58.6. The van der Waals surface area contributed by atoms with Crippen molar-refractivity contribution < 1.29 is 38.2 Å². The molecular weight excluding hydrogens is 763 g/mol. The Morgan fingerprint density at radius 3 is 1.30 bits per heavy atom. The monoisotopic (exact) mass is 861 g/mol. The Morgan fingerprint density at radius 1 is 0.492 bits per heavy atom. The number of hydrogen-bond donors (Lipinski definition) is 1. The molecule has 0 spiro atoms. The number of quaternary nitrogens is 1. The van der Waals surface area contributed by atoms with Crippen LogP contribution in [0, 0.1) is 0 Å². The highest BCUT2D eigenvalue weighted by Crippen LogP contribution is 2.15. The zero-order valence-corrected chi connectivity index (χ0v) is 40.6. The first-order chi connectivity index (χ1) is 29.6. The molecule has 0 aliphatic carbocycles. The minimum Gasteiger partial charge on any atom is -0.477 e. The molecule has 0 amide bonds. The van der Waals surface area contributed by atoms with Crippen LogP contribution in [0.2, 0.25) is 0 Å². The molecule has 0 aliphatic heterocycles.